The molecule has 2 fully saturated rings. The summed E-state index contributed by atoms with van der Waals surface area (Å²) in [5.74, 6) is 4.60. The van der Waals surface area contributed by atoms with E-state index in [-0.39, 0.29) is 0 Å². The normalized spacial score (nSPS) is 32.5. The van der Waals surface area contributed by atoms with E-state index in [1.807, 2.05) is 0 Å². The van der Waals surface area contributed by atoms with Gasteiger partial charge in [0.25, 0.3) is 0 Å². The van der Waals surface area contributed by atoms with Crippen LogP contribution in [0.3, 0.4) is 0 Å². The summed E-state index contributed by atoms with van der Waals surface area (Å²) in [5.41, 5.74) is 2.68. The van der Waals surface area contributed by atoms with Gasteiger partial charge in [-0.15, -0.1) is 0 Å². The van der Waals surface area contributed by atoms with E-state index >= 15 is 0 Å². The highest BCUT2D eigenvalue weighted by molar-refractivity contribution is 5.17. The third kappa shape index (κ3) is 4.21. The van der Waals surface area contributed by atoms with Crippen molar-refractivity contribution >= 4 is 0 Å². The summed E-state index contributed by atoms with van der Waals surface area (Å²) in [6.07, 6.45) is 16.4. The maximum atomic E-state index is 4.75. The molecule has 2 aliphatic rings. The number of rotatable bonds is 5. The third-order valence-electron chi connectivity index (χ3n) is 7.38. The zero-order chi connectivity index (χ0) is 16.9. The first-order chi connectivity index (χ1) is 11.7. The Kier molecular flexibility index (Phi) is 6.36. The van der Waals surface area contributed by atoms with Crippen LogP contribution in [0.5, 0.6) is 0 Å². The molecule has 0 amide bonds. The molecule has 1 heteroatoms. The van der Waals surface area contributed by atoms with Crippen molar-refractivity contribution in [1.29, 1.82) is 0 Å². The summed E-state index contributed by atoms with van der Waals surface area (Å²) < 4.78 is 0. The SMILES string of the molecule is CCc1ccc(C(C)C2CCC([C@H]3CC[C@H](CC)CC3)CC2)nc1. The predicted molar refractivity (Wildman–Crippen MR) is 103 cm³/mol. The molecule has 1 heterocycles. The quantitative estimate of drug-likeness (QED) is 0.581. The Morgan fingerprint density at radius 1 is 0.917 bits per heavy atom. The number of hydrogen-bond donors (Lipinski definition) is 0. The van der Waals surface area contributed by atoms with Crippen LogP contribution in [0.25, 0.3) is 0 Å². The highest BCUT2D eigenvalue weighted by Crippen LogP contribution is 2.44. The second-order valence-electron chi connectivity index (χ2n) is 8.60. The second-order valence-corrected chi connectivity index (χ2v) is 8.60. The molecular formula is C23H37N. The standard InChI is InChI=1S/C23H37N/c1-4-18-6-9-21(10-7-18)22-13-11-20(12-14-22)17(3)23-15-8-19(5-2)16-24-23/h8,15-18,20-22H,4-7,9-14H2,1-3H3/t17?,18-,20?,21-,22?. The average Bonchev–Trinajstić information content (AvgIpc) is 2.68. The van der Waals surface area contributed by atoms with Crippen LogP contribution >= 0.6 is 0 Å². The van der Waals surface area contributed by atoms with E-state index in [1.165, 1.54) is 69.0 Å². The molecular weight excluding hydrogens is 290 g/mol. The van der Waals surface area contributed by atoms with E-state index in [2.05, 4.69) is 39.1 Å². The van der Waals surface area contributed by atoms with Gasteiger partial charge in [0.15, 0.2) is 0 Å². The summed E-state index contributed by atoms with van der Waals surface area (Å²) >= 11 is 0. The second kappa shape index (κ2) is 8.50. The van der Waals surface area contributed by atoms with Crippen LogP contribution in [0.1, 0.15) is 95.7 Å². The number of pyridine rings is 1. The Morgan fingerprint density at radius 3 is 2.04 bits per heavy atom. The maximum absolute atomic E-state index is 4.75. The van der Waals surface area contributed by atoms with E-state index in [1.54, 1.807) is 0 Å². The summed E-state index contributed by atoms with van der Waals surface area (Å²) in [6, 6.07) is 4.55. The van der Waals surface area contributed by atoms with Crippen molar-refractivity contribution in [2.24, 2.45) is 23.7 Å². The molecule has 134 valence electrons. The lowest BCUT2D eigenvalue weighted by Gasteiger charge is -2.39. The van der Waals surface area contributed by atoms with Crippen LogP contribution in [0.15, 0.2) is 18.3 Å². The van der Waals surface area contributed by atoms with Crippen molar-refractivity contribution in [2.75, 3.05) is 0 Å². The molecule has 0 aromatic carbocycles. The van der Waals surface area contributed by atoms with Crippen molar-refractivity contribution < 1.29 is 0 Å². The van der Waals surface area contributed by atoms with Gasteiger partial charge in [-0.25, -0.2) is 0 Å². The molecule has 0 N–H and O–H groups in total. The zero-order valence-corrected chi connectivity index (χ0v) is 16.1. The van der Waals surface area contributed by atoms with Gasteiger partial charge in [-0.05, 0) is 80.2 Å². The number of aryl methyl sites for hydroxylation is 1. The van der Waals surface area contributed by atoms with Gasteiger partial charge < -0.3 is 0 Å². The zero-order valence-electron chi connectivity index (χ0n) is 16.1. The predicted octanol–water partition coefficient (Wildman–Crippen LogP) is 6.77. The first-order valence-corrected chi connectivity index (χ1v) is 10.7. The Labute approximate surface area is 149 Å². The molecule has 0 spiro atoms. The lowest BCUT2D eigenvalue weighted by molar-refractivity contribution is 0.138. The molecule has 1 nitrogen and oxygen atoms in total. The first kappa shape index (κ1) is 18.0. The van der Waals surface area contributed by atoms with Crippen LogP contribution in [0.4, 0.5) is 0 Å². The maximum Gasteiger partial charge on any atom is 0.0434 e. The molecule has 0 radical (unpaired) electrons. The van der Waals surface area contributed by atoms with Gasteiger partial charge in [-0.3, -0.25) is 4.98 Å². The van der Waals surface area contributed by atoms with E-state index in [0.717, 1.165) is 30.1 Å². The Morgan fingerprint density at radius 2 is 1.54 bits per heavy atom. The molecule has 3 rings (SSSR count). The fourth-order valence-electron chi connectivity index (χ4n) is 5.34. The van der Waals surface area contributed by atoms with E-state index in [4.69, 9.17) is 4.98 Å². The molecule has 24 heavy (non-hydrogen) atoms. The Hall–Kier alpha value is -0.850. The van der Waals surface area contributed by atoms with Crippen molar-refractivity contribution in [3.63, 3.8) is 0 Å². The van der Waals surface area contributed by atoms with Crippen molar-refractivity contribution in [1.82, 2.24) is 4.98 Å². The van der Waals surface area contributed by atoms with E-state index in [9.17, 15) is 0 Å². The molecule has 0 saturated heterocycles. The molecule has 2 aliphatic carbocycles. The molecule has 0 bridgehead atoms. The molecule has 0 aliphatic heterocycles. The van der Waals surface area contributed by atoms with Crippen LogP contribution in [-0.2, 0) is 6.42 Å². The van der Waals surface area contributed by atoms with Crippen LogP contribution in [0, 0.1) is 23.7 Å². The smallest absolute Gasteiger partial charge is 0.0434 e. The lowest BCUT2D eigenvalue weighted by atomic mass is 9.67. The highest BCUT2D eigenvalue weighted by Gasteiger charge is 2.32. The fourth-order valence-corrected chi connectivity index (χ4v) is 5.34. The van der Waals surface area contributed by atoms with Crippen LogP contribution in [0.2, 0.25) is 0 Å². The van der Waals surface area contributed by atoms with E-state index < -0.39 is 0 Å². The highest BCUT2D eigenvalue weighted by atomic mass is 14.7. The summed E-state index contributed by atoms with van der Waals surface area (Å²) in [6.45, 7) is 6.99. The van der Waals surface area contributed by atoms with Crippen LogP contribution in [-0.4, -0.2) is 4.98 Å². The van der Waals surface area contributed by atoms with E-state index in [0.29, 0.717) is 5.92 Å². The molecule has 2 saturated carbocycles. The number of hydrogen-bond acceptors (Lipinski definition) is 1. The minimum atomic E-state index is 0.632. The molecule has 1 unspecified atom stereocenters. The van der Waals surface area contributed by atoms with Gasteiger partial charge in [0.05, 0.1) is 0 Å². The minimum absolute atomic E-state index is 0.632. The molecule has 1 aromatic rings. The summed E-state index contributed by atoms with van der Waals surface area (Å²) in [5, 5.41) is 0. The van der Waals surface area contributed by atoms with Crippen molar-refractivity contribution in [3.05, 3.63) is 29.6 Å². The van der Waals surface area contributed by atoms with Gasteiger partial charge in [-0.1, -0.05) is 46.1 Å². The minimum Gasteiger partial charge on any atom is -0.261 e. The largest absolute Gasteiger partial charge is 0.261 e. The topological polar surface area (TPSA) is 12.9 Å². The fraction of sp³-hybridized carbons (Fsp3) is 0.783. The van der Waals surface area contributed by atoms with Gasteiger partial charge in [-0.2, -0.15) is 0 Å². The van der Waals surface area contributed by atoms with Crippen LogP contribution < -0.4 is 0 Å². The van der Waals surface area contributed by atoms with Gasteiger partial charge in [0.1, 0.15) is 0 Å². The first-order valence-electron chi connectivity index (χ1n) is 10.7. The third-order valence-corrected chi connectivity index (χ3v) is 7.38. The molecule has 1 aromatic heterocycles. The number of aromatic nitrogens is 1. The van der Waals surface area contributed by atoms with Gasteiger partial charge >= 0.3 is 0 Å². The summed E-state index contributed by atoms with van der Waals surface area (Å²) in [4.78, 5) is 4.75. The summed E-state index contributed by atoms with van der Waals surface area (Å²) in [7, 11) is 0. The average molecular weight is 328 g/mol. The Bertz CT molecular complexity index is 475. The number of nitrogens with zero attached hydrogens (tertiary/aromatic N) is 1. The Balaban J connectivity index is 1.49. The van der Waals surface area contributed by atoms with Crippen molar-refractivity contribution in [3.8, 4) is 0 Å². The lowest BCUT2D eigenvalue weighted by Crippen LogP contribution is -2.27. The van der Waals surface area contributed by atoms with Gasteiger partial charge in [0, 0.05) is 17.8 Å². The monoisotopic (exact) mass is 327 g/mol. The van der Waals surface area contributed by atoms with Crippen molar-refractivity contribution in [2.45, 2.75) is 90.9 Å². The van der Waals surface area contributed by atoms with Gasteiger partial charge in [0.2, 0.25) is 0 Å². The molecule has 1 atom stereocenters.